The molecule has 1 fully saturated rings. The summed E-state index contributed by atoms with van der Waals surface area (Å²) >= 11 is 5.44. The molecule has 0 unspecified atom stereocenters. The molecule has 0 radical (unpaired) electrons. The van der Waals surface area contributed by atoms with E-state index in [9.17, 15) is 9.59 Å². The average molecular weight is 386 g/mol. The highest BCUT2D eigenvalue weighted by molar-refractivity contribution is 6.67. The minimum absolute atomic E-state index is 0.0908. The van der Waals surface area contributed by atoms with Gasteiger partial charge in [-0.25, -0.2) is 0 Å². The maximum Gasteiger partial charge on any atom is 0.252 e. The fourth-order valence-corrected chi connectivity index (χ4v) is 3.31. The molecular weight excluding hydrogens is 362 g/mol. The monoisotopic (exact) mass is 385 g/mol. The highest BCUT2D eigenvalue weighted by atomic mass is 35.5. The number of amides is 1. The second-order valence-electron chi connectivity index (χ2n) is 7.98. The molecule has 2 aromatic rings. The molecule has 0 spiro atoms. The Kier molecular flexibility index (Phi) is 5.56. The molecule has 0 bridgehead atoms. The van der Waals surface area contributed by atoms with Gasteiger partial charge in [0, 0.05) is 30.1 Å². The molecule has 1 atom stereocenters. The van der Waals surface area contributed by atoms with Crippen molar-refractivity contribution >= 4 is 28.4 Å². The van der Waals surface area contributed by atoms with Gasteiger partial charge in [0.25, 0.3) is 5.24 Å². The molecular formula is C22H24ClNO3. The minimum atomic E-state index is -0.490. The van der Waals surface area contributed by atoms with E-state index >= 15 is 0 Å². The Morgan fingerprint density at radius 3 is 2.30 bits per heavy atom. The first-order valence-electron chi connectivity index (χ1n) is 9.07. The van der Waals surface area contributed by atoms with E-state index in [0.29, 0.717) is 30.9 Å². The summed E-state index contributed by atoms with van der Waals surface area (Å²) in [6.45, 7) is 7.62. The van der Waals surface area contributed by atoms with Gasteiger partial charge in [0.05, 0.1) is 6.61 Å². The van der Waals surface area contributed by atoms with Crippen LogP contribution in [0.15, 0.2) is 48.5 Å². The molecule has 1 amide bonds. The number of halogens is 1. The summed E-state index contributed by atoms with van der Waals surface area (Å²) in [6, 6.07) is 14.9. The standard InChI is InChI=1S/C22H24ClNO3/c1-22(2,3)17-6-8-18(9-7-17)24-13-15(12-20(24)25)14-27-19-10-4-16(5-11-19)21(23)26/h4-11,15H,12-14H2,1-3H3/t15-/m0/s1. The largest absolute Gasteiger partial charge is 0.493 e. The lowest BCUT2D eigenvalue weighted by Crippen LogP contribution is -2.25. The number of benzene rings is 2. The van der Waals surface area contributed by atoms with Crippen LogP contribution in [-0.4, -0.2) is 24.3 Å². The molecule has 3 rings (SSSR count). The third kappa shape index (κ3) is 4.69. The van der Waals surface area contributed by atoms with E-state index in [4.69, 9.17) is 16.3 Å². The number of rotatable bonds is 5. The molecule has 2 aromatic carbocycles. The number of hydrogen-bond donors (Lipinski definition) is 0. The van der Waals surface area contributed by atoms with Crippen molar-refractivity contribution in [3.63, 3.8) is 0 Å². The van der Waals surface area contributed by atoms with Gasteiger partial charge in [-0.05, 0) is 59.0 Å². The smallest absolute Gasteiger partial charge is 0.252 e. The van der Waals surface area contributed by atoms with Crippen LogP contribution in [0.25, 0.3) is 0 Å². The molecule has 1 heterocycles. The van der Waals surface area contributed by atoms with Gasteiger partial charge in [-0.1, -0.05) is 32.9 Å². The second kappa shape index (κ2) is 7.73. The van der Waals surface area contributed by atoms with Gasteiger partial charge >= 0.3 is 0 Å². The molecule has 0 aliphatic carbocycles. The summed E-state index contributed by atoms with van der Waals surface area (Å²) in [6.07, 6.45) is 0.471. The zero-order chi connectivity index (χ0) is 19.6. The molecule has 142 valence electrons. The van der Waals surface area contributed by atoms with Gasteiger partial charge in [-0.3, -0.25) is 9.59 Å². The number of carbonyl (C=O) groups excluding carboxylic acids is 2. The van der Waals surface area contributed by atoms with E-state index in [0.717, 1.165) is 5.69 Å². The number of carbonyl (C=O) groups is 2. The molecule has 0 saturated carbocycles. The van der Waals surface area contributed by atoms with E-state index < -0.39 is 5.24 Å². The first kappa shape index (κ1) is 19.4. The van der Waals surface area contributed by atoms with Gasteiger partial charge in [-0.15, -0.1) is 0 Å². The number of nitrogens with zero attached hydrogens (tertiary/aromatic N) is 1. The van der Waals surface area contributed by atoms with Crippen LogP contribution in [-0.2, 0) is 10.2 Å². The van der Waals surface area contributed by atoms with Crippen molar-refractivity contribution in [1.29, 1.82) is 0 Å². The van der Waals surface area contributed by atoms with Gasteiger partial charge in [0.2, 0.25) is 5.91 Å². The van der Waals surface area contributed by atoms with Crippen LogP contribution in [0.2, 0.25) is 0 Å². The summed E-state index contributed by atoms with van der Waals surface area (Å²) < 4.78 is 5.79. The summed E-state index contributed by atoms with van der Waals surface area (Å²) in [7, 11) is 0. The van der Waals surface area contributed by atoms with Crippen molar-refractivity contribution < 1.29 is 14.3 Å². The van der Waals surface area contributed by atoms with Crippen molar-refractivity contribution in [2.45, 2.75) is 32.6 Å². The zero-order valence-corrected chi connectivity index (χ0v) is 16.6. The van der Waals surface area contributed by atoms with Crippen molar-refractivity contribution in [3.8, 4) is 5.75 Å². The average Bonchev–Trinajstić information content (AvgIpc) is 3.00. The lowest BCUT2D eigenvalue weighted by atomic mass is 9.87. The summed E-state index contributed by atoms with van der Waals surface area (Å²) in [5.74, 6) is 0.918. The molecule has 1 aliphatic heterocycles. The normalized spacial score (nSPS) is 17.3. The Morgan fingerprint density at radius 2 is 1.74 bits per heavy atom. The minimum Gasteiger partial charge on any atom is -0.493 e. The quantitative estimate of drug-likeness (QED) is 0.695. The predicted molar refractivity (Wildman–Crippen MR) is 108 cm³/mol. The number of anilines is 1. The van der Waals surface area contributed by atoms with Crippen LogP contribution < -0.4 is 9.64 Å². The summed E-state index contributed by atoms with van der Waals surface area (Å²) in [5.41, 5.74) is 2.70. The van der Waals surface area contributed by atoms with Crippen molar-refractivity contribution in [2.75, 3.05) is 18.1 Å². The van der Waals surface area contributed by atoms with Gasteiger partial charge in [-0.2, -0.15) is 0 Å². The Hall–Kier alpha value is -2.33. The predicted octanol–water partition coefficient (Wildman–Crippen LogP) is 4.80. The van der Waals surface area contributed by atoms with E-state index in [1.807, 2.05) is 17.0 Å². The fraction of sp³-hybridized carbons (Fsp3) is 0.364. The fourth-order valence-electron chi connectivity index (χ4n) is 3.18. The number of ether oxygens (including phenoxy) is 1. The third-order valence-corrected chi connectivity index (χ3v) is 5.04. The molecule has 1 aliphatic rings. The third-order valence-electron chi connectivity index (χ3n) is 4.82. The van der Waals surface area contributed by atoms with Crippen molar-refractivity contribution in [3.05, 3.63) is 59.7 Å². The van der Waals surface area contributed by atoms with Gasteiger partial charge in [0.15, 0.2) is 0 Å². The lowest BCUT2D eigenvalue weighted by Gasteiger charge is -2.21. The highest BCUT2D eigenvalue weighted by Crippen LogP contribution is 2.29. The first-order chi connectivity index (χ1) is 12.7. The molecule has 0 aromatic heterocycles. The molecule has 1 saturated heterocycles. The molecule has 5 heteroatoms. The Balaban J connectivity index is 1.59. The van der Waals surface area contributed by atoms with Crippen LogP contribution in [0.3, 0.4) is 0 Å². The van der Waals surface area contributed by atoms with E-state index in [1.54, 1.807) is 24.3 Å². The maximum atomic E-state index is 12.4. The van der Waals surface area contributed by atoms with Crippen LogP contribution in [0, 0.1) is 5.92 Å². The highest BCUT2D eigenvalue weighted by Gasteiger charge is 2.31. The van der Waals surface area contributed by atoms with Crippen LogP contribution in [0.1, 0.15) is 43.1 Å². The zero-order valence-electron chi connectivity index (χ0n) is 15.9. The summed E-state index contributed by atoms with van der Waals surface area (Å²) in [4.78, 5) is 25.3. The van der Waals surface area contributed by atoms with Crippen LogP contribution in [0.5, 0.6) is 5.75 Å². The second-order valence-corrected chi connectivity index (χ2v) is 8.32. The Labute approximate surface area is 165 Å². The number of hydrogen-bond acceptors (Lipinski definition) is 3. The van der Waals surface area contributed by atoms with Gasteiger partial charge < -0.3 is 9.64 Å². The van der Waals surface area contributed by atoms with Crippen molar-refractivity contribution in [2.24, 2.45) is 5.92 Å². The Morgan fingerprint density at radius 1 is 1.11 bits per heavy atom. The molecule has 4 nitrogen and oxygen atoms in total. The van der Waals surface area contributed by atoms with E-state index in [2.05, 4.69) is 32.9 Å². The SMILES string of the molecule is CC(C)(C)c1ccc(N2C[C@@H](COc3ccc(C(=O)Cl)cc3)CC2=O)cc1. The van der Waals surface area contributed by atoms with Crippen LogP contribution >= 0.6 is 11.6 Å². The molecule has 27 heavy (non-hydrogen) atoms. The summed E-state index contributed by atoms with van der Waals surface area (Å²) in [5, 5.41) is -0.490. The lowest BCUT2D eigenvalue weighted by molar-refractivity contribution is -0.117. The van der Waals surface area contributed by atoms with Crippen LogP contribution in [0.4, 0.5) is 5.69 Å². The first-order valence-corrected chi connectivity index (χ1v) is 9.45. The topological polar surface area (TPSA) is 46.6 Å². The molecule has 0 N–H and O–H groups in total. The van der Waals surface area contributed by atoms with E-state index in [1.165, 1.54) is 5.56 Å². The van der Waals surface area contributed by atoms with Gasteiger partial charge in [0.1, 0.15) is 5.75 Å². The van der Waals surface area contributed by atoms with Crippen molar-refractivity contribution in [1.82, 2.24) is 0 Å². The maximum absolute atomic E-state index is 12.4. The van der Waals surface area contributed by atoms with E-state index in [-0.39, 0.29) is 17.2 Å². The Bertz CT molecular complexity index is 822.